The van der Waals surface area contributed by atoms with Gasteiger partial charge in [0, 0.05) is 63.1 Å². The number of pyridine rings is 1. The average molecular weight is 559 g/mol. The Balaban J connectivity index is 1.26. The van der Waals surface area contributed by atoms with Gasteiger partial charge in [0.05, 0.1) is 18.5 Å². The lowest BCUT2D eigenvalue weighted by Crippen LogP contribution is -2.52. The summed E-state index contributed by atoms with van der Waals surface area (Å²) in [5.41, 5.74) is 11.8. The summed E-state index contributed by atoms with van der Waals surface area (Å²) >= 11 is 0. The largest absolute Gasteiger partial charge is 0.495 e. The Labute approximate surface area is 244 Å². The lowest BCUT2D eigenvalue weighted by atomic mass is 9.95. The van der Waals surface area contributed by atoms with Crippen LogP contribution in [0.2, 0.25) is 0 Å². The van der Waals surface area contributed by atoms with Crippen molar-refractivity contribution in [3.8, 4) is 16.9 Å². The van der Waals surface area contributed by atoms with E-state index in [1.54, 1.807) is 7.11 Å². The lowest BCUT2D eigenvalue weighted by molar-refractivity contribution is 0.0981. The van der Waals surface area contributed by atoms with Crippen molar-refractivity contribution in [1.29, 1.82) is 0 Å². The highest BCUT2D eigenvalue weighted by Crippen LogP contribution is 2.38. The molecule has 220 valence electrons. The maximum Gasteiger partial charge on any atom is 0.151 e. The van der Waals surface area contributed by atoms with Crippen LogP contribution < -0.4 is 20.7 Å². The molecule has 0 unspecified atom stereocenters. The van der Waals surface area contributed by atoms with Gasteiger partial charge in [-0.2, -0.15) is 0 Å². The first-order valence-electron chi connectivity index (χ1n) is 15.6. The molecule has 3 aromatic rings. The fourth-order valence-corrected chi connectivity index (χ4v) is 6.87. The van der Waals surface area contributed by atoms with E-state index < -0.39 is 0 Å². The minimum atomic E-state index is 0.418. The molecule has 0 spiro atoms. The summed E-state index contributed by atoms with van der Waals surface area (Å²) in [5, 5.41) is 3.72. The number of ether oxygens (including phenoxy) is 1. The van der Waals surface area contributed by atoms with Crippen molar-refractivity contribution in [2.75, 3.05) is 69.4 Å². The van der Waals surface area contributed by atoms with Crippen LogP contribution in [0, 0.1) is 0 Å². The molecule has 4 heterocycles. The minimum Gasteiger partial charge on any atom is -0.495 e. The number of methoxy groups -OCH3 is 1. The Bertz CT molecular complexity index is 1340. The maximum atomic E-state index is 6.34. The zero-order chi connectivity index (χ0) is 28.3. The molecule has 2 saturated heterocycles. The van der Waals surface area contributed by atoms with Gasteiger partial charge in [-0.1, -0.05) is 32.3 Å². The molecule has 3 fully saturated rings. The van der Waals surface area contributed by atoms with Crippen molar-refractivity contribution in [3.05, 3.63) is 30.1 Å². The van der Waals surface area contributed by atoms with Crippen molar-refractivity contribution in [3.63, 3.8) is 0 Å². The number of nitrogens with zero attached hydrogens (tertiary/aromatic N) is 6. The Hall–Kier alpha value is -3.17. The number of fused-ring (bicyclic) bond motifs is 1. The molecule has 9 heteroatoms. The molecule has 3 N–H and O–H groups in total. The molecule has 3 aliphatic rings. The zero-order valence-electron chi connectivity index (χ0n) is 25.0. The van der Waals surface area contributed by atoms with E-state index in [4.69, 9.17) is 20.4 Å². The first-order valence-corrected chi connectivity index (χ1v) is 15.6. The number of piperidine rings is 1. The molecule has 9 nitrogen and oxygen atoms in total. The average Bonchev–Trinajstić information content (AvgIpc) is 3.02. The highest BCUT2D eigenvalue weighted by Gasteiger charge is 2.28. The summed E-state index contributed by atoms with van der Waals surface area (Å²) in [7, 11) is 3.99. The second-order valence-corrected chi connectivity index (χ2v) is 12.1. The van der Waals surface area contributed by atoms with Gasteiger partial charge >= 0.3 is 0 Å². The summed E-state index contributed by atoms with van der Waals surface area (Å²) in [5.74, 6) is 2.18. The summed E-state index contributed by atoms with van der Waals surface area (Å²) in [6.45, 7) is 8.92. The standard InChI is InChI=1S/C32H46N8O/c1-4-26-32(35-23-8-6-5-7-9-23)37-29-25(21-34-31(33)30(29)36-26)22-10-11-27(28(20-22)41-3)40-14-12-24(13-15-40)39-18-16-38(2)17-19-39/h10-11,20-21,23-24H,4-9,12-19H2,1-3H3,(H2,33,34)(H,35,37). The fraction of sp³-hybridized carbons (Fsp3) is 0.594. The van der Waals surface area contributed by atoms with Gasteiger partial charge in [-0.05, 0) is 56.8 Å². The van der Waals surface area contributed by atoms with Crippen LogP contribution in [0.3, 0.4) is 0 Å². The van der Waals surface area contributed by atoms with E-state index in [2.05, 4.69) is 57.2 Å². The predicted molar refractivity (Wildman–Crippen MR) is 168 cm³/mol. The van der Waals surface area contributed by atoms with E-state index in [9.17, 15) is 0 Å². The third-order valence-corrected chi connectivity index (χ3v) is 9.43. The molecule has 0 bridgehead atoms. The SMILES string of the molecule is CCc1nc2c(N)ncc(-c3ccc(N4CCC(N5CCN(C)CC5)CC4)c(OC)c3)c2nc1NC1CCCCC1. The van der Waals surface area contributed by atoms with E-state index in [0.717, 1.165) is 59.1 Å². The highest BCUT2D eigenvalue weighted by atomic mass is 16.5. The fourth-order valence-electron chi connectivity index (χ4n) is 6.87. The van der Waals surface area contributed by atoms with Gasteiger partial charge in [0.1, 0.15) is 22.6 Å². The molecule has 1 aliphatic carbocycles. The number of hydrogen-bond donors (Lipinski definition) is 2. The molecule has 1 saturated carbocycles. The summed E-state index contributed by atoms with van der Waals surface area (Å²) in [4.78, 5) is 22.2. The predicted octanol–water partition coefficient (Wildman–Crippen LogP) is 4.81. The molecule has 0 radical (unpaired) electrons. The van der Waals surface area contributed by atoms with Crippen LogP contribution in [0.4, 0.5) is 17.3 Å². The van der Waals surface area contributed by atoms with E-state index in [-0.39, 0.29) is 0 Å². The highest BCUT2D eigenvalue weighted by molar-refractivity contribution is 5.97. The van der Waals surface area contributed by atoms with Gasteiger partial charge in [0.25, 0.3) is 0 Å². The molecule has 41 heavy (non-hydrogen) atoms. The smallest absolute Gasteiger partial charge is 0.151 e. The monoisotopic (exact) mass is 558 g/mol. The van der Waals surface area contributed by atoms with Crippen LogP contribution in [-0.4, -0.2) is 90.3 Å². The van der Waals surface area contributed by atoms with Crippen LogP contribution in [0.5, 0.6) is 5.75 Å². The number of aromatic nitrogens is 3. The molecule has 1 aromatic carbocycles. The van der Waals surface area contributed by atoms with Crippen molar-refractivity contribution in [2.45, 2.75) is 70.4 Å². The normalized spacial score (nSPS) is 20.0. The number of benzene rings is 1. The van der Waals surface area contributed by atoms with Crippen LogP contribution in [0.15, 0.2) is 24.4 Å². The molecule has 0 atom stereocenters. The van der Waals surface area contributed by atoms with Gasteiger partial charge in [0.15, 0.2) is 5.82 Å². The Morgan fingerprint density at radius 2 is 1.71 bits per heavy atom. The van der Waals surface area contributed by atoms with Crippen molar-refractivity contribution in [2.24, 2.45) is 0 Å². The second kappa shape index (κ2) is 12.4. The number of piperazine rings is 1. The third kappa shape index (κ3) is 5.93. The van der Waals surface area contributed by atoms with Crippen LogP contribution in [0.1, 0.15) is 57.6 Å². The number of aryl methyl sites for hydroxylation is 1. The van der Waals surface area contributed by atoms with Crippen LogP contribution in [0.25, 0.3) is 22.2 Å². The number of likely N-dealkylation sites (N-methyl/N-ethyl adjacent to an activating group) is 1. The van der Waals surface area contributed by atoms with Crippen LogP contribution in [-0.2, 0) is 6.42 Å². The van der Waals surface area contributed by atoms with Gasteiger partial charge < -0.3 is 25.6 Å². The molecular weight excluding hydrogens is 512 g/mol. The summed E-state index contributed by atoms with van der Waals surface area (Å²) in [6.07, 6.45) is 11.2. The number of nitrogen functional groups attached to an aromatic ring is 1. The first kappa shape index (κ1) is 28.0. The minimum absolute atomic E-state index is 0.418. The number of rotatable bonds is 7. The van der Waals surface area contributed by atoms with E-state index in [1.807, 2.05) is 6.20 Å². The third-order valence-electron chi connectivity index (χ3n) is 9.43. The maximum absolute atomic E-state index is 6.34. The molecule has 0 amide bonds. The number of nitrogens with one attached hydrogen (secondary N) is 1. The summed E-state index contributed by atoms with van der Waals surface area (Å²) < 4.78 is 5.96. The van der Waals surface area contributed by atoms with Gasteiger partial charge in [-0.25, -0.2) is 15.0 Å². The Morgan fingerprint density at radius 3 is 2.41 bits per heavy atom. The molecular formula is C32H46N8O. The number of hydrogen-bond acceptors (Lipinski definition) is 9. The van der Waals surface area contributed by atoms with E-state index >= 15 is 0 Å². The topological polar surface area (TPSA) is 95.7 Å². The van der Waals surface area contributed by atoms with Crippen molar-refractivity contribution in [1.82, 2.24) is 24.8 Å². The lowest BCUT2D eigenvalue weighted by Gasteiger charge is -2.42. The molecule has 2 aromatic heterocycles. The Morgan fingerprint density at radius 1 is 0.951 bits per heavy atom. The van der Waals surface area contributed by atoms with Gasteiger partial charge in [-0.3, -0.25) is 4.90 Å². The summed E-state index contributed by atoms with van der Waals surface area (Å²) in [6, 6.07) is 7.61. The number of nitrogens with two attached hydrogens (primary N) is 1. The van der Waals surface area contributed by atoms with Crippen LogP contribution >= 0.6 is 0 Å². The molecule has 6 rings (SSSR count). The van der Waals surface area contributed by atoms with Gasteiger partial charge in [-0.15, -0.1) is 0 Å². The molecule has 2 aliphatic heterocycles. The number of anilines is 3. The Kier molecular flexibility index (Phi) is 8.44. The van der Waals surface area contributed by atoms with Crippen molar-refractivity contribution >= 4 is 28.4 Å². The van der Waals surface area contributed by atoms with Crippen molar-refractivity contribution < 1.29 is 4.74 Å². The van der Waals surface area contributed by atoms with E-state index in [1.165, 1.54) is 71.1 Å². The zero-order valence-corrected chi connectivity index (χ0v) is 25.0. The first-order chi connectivity index (χ1) is 20.0. The second-order valence-electron chi connectivity index (χ2n) is 12.1. The van der Waals surface area contributed by atoms with Gasteiger partial charge in [0.2, 0.25) is 0 Å². The van der Waals surface area contributed by atoms with E-state index in [0.29, 0.717) is 23.4 Å². The quantitative estimate of drug-likeness (QED) is 0.424.